The van der Waals surface area contributed by atoms with Gasteiger partial charge in [0.1, 0.15) is 11.4 Å². The van der Waals surface area contributed by atoms with Gasteiger partial charge in [-0.3, -0.25) is 0 Å². The Morgan fingerprint density at radius 3 is 2.62 bits per heavy atom. The second-order valence-corrected chi connectivity index (χ2v) is 6.55. The van der Waals surface area contributed by atoms with Crippen LogP contribution in [0.1, 0.15) is 35.1 Å². The third-order valence-electron chi connectivity index (χ3n) is 4.61. The summed E-state index contributed by atoms with van der Waals surface area (Å²) in [5, 5.41) is 18.7. The average Bonchev–Trinajstić information content (AvgIpc) is 2.94. The molecule has 3 rings (SSSR count). The molecule has 24 heavy (non-hydrogen) atoms. The van der Waals surface area contributed by atoms with E-state index in [9.17, 15) is 5.11 Å². The molecule has 0 aliphatic carbocycles. The topological polar surface area (TPSA) is 56.5 Å². The van der Waals surface area contributed by atoms with Crippen molar-refractivity contribution in [1.82, 2.24) is 4.90 Å². The highest BCUT2D eigenvalue weighted by atomic mass is 16.5. The fourth-order valence-electron chi connectivity index (χ4n) is 3.42. The van der Waals surface area contributed by atoms with E-state index in [-0.39, 0.29) is 5.75 Å². The van der Waals surface area contributed by atoms with E-state index in [0.717, 1.165) is 36.1 Å². The summed E-state index contributed by atoms with van der Waals surface area (Å²) in [6.45, 7) is 1.49. The van der Waals surface area contributed by atoms with Gasteiger partial charge in [-0.15, -0.1) is 0 Å². The van der Waals surface area contributed by atoms with Gasteiger partial charge in [-0.05, 0) is 74.4 Å². The maximum absolute atomic E-state index is 9.61. The lowest BCUT2D eigenvalue weighted by Crippen LogP contribution is -2.28. The monoisotopic (exact) mass is 322 g/mol. The van der Waals surface area contributed by atoms with E-state index in [1.165, 1.54) is 0 Å². The van der Waals surface area contributed by atoms with Crippen LogP contribution in [-0.4, -0.2) is 30.6 Å². The fourth-order valence-corrected chi connectivity index (χ4v) is 3.42. The standard InChI is InChI=1S/C20H22N2O2/c1-22(2)11-3-10-20(17-5-7-18(23)8-6-17)19-9-4-15(13-21)12-16(19)14-24-20/h4-9,12,23H,3,10-11,14H2,1-2H3. The van der Waals surface area contributed by atoms with Gasteiger partial charge in [-0.2, -0.15) is 5.26 Å². The van der Waals surface area contributed by atoms with Crippen LogP contribution in [0.5, 0.6) is 5.75 Å². The number of hydrogen-bond donors (Lipinski definition) is 1. The summed E-state index contributed by atoms with van der Waals surface area (Å²) < 4.78 is 6.31. The molecule has 0 fully saturated rings. The van der Waals surface area contributed by atoms with Crippen molar-refractivity contribution in [1.29, 1.82) is 5.26 Å². The van der Waals surface area contributed by atoms with Gasteiger partial charge < -0.3 is 14.7 Å². The molecule has 0 spiro atoms. The normalized spacial score (nSPS) is 19.2. The Morgan fingerprint density at radius 2 is 1.96 bits per heavy atom. The lowest BCUT2D eigenvalue weighted by atomic mass is 9.81. The van der Waals surface area contributed by atoms with Gasteiger partial charge in [0.15, 0.2) is 0 Å². The van der Waals surface area contributed by atoms with Gasteiger partial charge in [0.05, 0.1) is 18.2 Å². The Balaban J connectivity index is 2.02. The number of hydrogen-bond acceptors (Lipinski definition) is 4. The van der Waals surface area contributed by atoms with Crippen LogP contribution in [0, 0.1) is 11.3 Å². The number of ether oxygens (including phenoxy) is 1. The molecule has 1 unspecified atom stereocenters. The molecular formula is C20H22N2O2. The first-order chi connectivity index (χ1) is 11.5. The van der Waals surface area contributed by atoms with Crippen LogP contribution in [0.25, 0.3) is 0 Å². The highest BCUT2D eigenvalue weighted by Gasteiger charge is 2.41. The summed E-state index contributed by atoms with van der Waals surface area (Å²) >= 11 is 0. The second-order valence-electron chi connectivity index (χ2n) is 6.55. The van der Waals surface area contributed by atoms with E-state index < -0.39 is 5.60 Å². The van der Waals surface area contributed by atoms with E-state index >= 15 is 0 Å². The van der Waals surface area contributed by atoms with Crippen molar-refractivity contribution in [2.75, 3.05) is 20.6 Å². The third-order valence-corrected chi connectivity index (χ3v) is 4.61. The first-order valence-corrected chi connectivity index (χ1v) is 8.17. The molecule has 124 valence electrons. The highest BCUT2D eigenvalue weighted by Crippen LogP contribution is 2.45. The third kappa shape index (κ3) is 3.01. The molecule has 0 amide bonds. The van der Waals surface area contributed by atoms with Crippen molar-refractivity contribution in [2.24, 2.45) is 0 Å². The van der Waals surface area contributed by atoms with Crippen LogP contribution >= 0.6 is 0 Å². The number of nitrogens with zero attached hydrogens (tertiary/aromatic N) is 2. The molecule has 1 aliphatic heterocycles. The molecule has 0 radical (unpaired) electrons. The number of nitriles is 1. The minimum absolute atomic E-state index is 0.250. The minimum Gasteiger partial charge on any atom is -0.508 e. The largest absolute Gasteiger partial charge is 0.508 e. The first kappa shape index (κ1) is 16.5. The zero-order valence-electron chi connectivity index (χ0n) is 14.1. The van der Waals surface area contributed by atoms with Crippen molar-refractivity contribution in [3.8, 4) is 11.8 Å². The number of fused-ring (bicyclic) bond motifs is 1. The lowest BCUT2D eigenvalue weighted by molar-refractivity contribution is -0.0139. The van der Waals surface area contributed by atoms with E-state index in [2.05, 4.69) is 25.1 Å². The zero-order valence-corrected chi connectivity index (χ0v) is 14.1. The molecule has 0 bridgehead atoms. The zero-order chi connectivity index (χ0) is 17.2. The summed E-state index contributed by atoms with van der Waals surface area (Å²) in [6, 6.07) is 15.2. The Morgan fingerprint density at radius 1 is 1.21 bits per heavy atom. The molecule has 1 atom stereocenters. The van der Waals surface area contributed by atoms with Gasteiger partial charge in [-0.1, -0.05) is 18.2 Å². The molecule has 1 heterocycles. The maximum Gasteiger partial charge on any atom is 0.119 e. The van der Waals surface area contributed by atoms with Crippen molar-refractivity contribution >= 4 is 0 Å². The molecule has 1 aliphatic rings. The van der Waals surface area contributed by atoms with E-state index in [4.69, 9.17) is 10.00 Å². The lowest BCUT2D eigenvalue weighted by Gasteiger charge is -2.31. The number of benzene rings is 2. The molecule has 2 aromatic carbocycles. The van der Waals surface area contributed by atoms with Crippen LogP contribution in [-0.2, 0) is 16.9 Å². The Labute approximate surface area is 142 Å². The van der Waals surface area contributed by atoms with Gasteiger partial charge in [0.2, 0.25) is 0 Å². The van der Waals surface area contributed by atoms with Crippen molar-refractivity contribution in [2.45, 2.75) is 25.0 Å². The van der Waals surface area contributed by atoms with Crippen molar-refractivity contribution < 1.29 is 9.84 Å². The van der Waals surface area contributed by atoms with Crippen molar-refractivity contribution in [3.05, 3.63) is 64.7 Å². The summed E-state index contributed by atoms with van der Waals surface area (Å²) in [5.41, 5.74) is 3.40. The van der Waals surface area contributed by atoms with Crippen LogP contribution < -0.4 is 0 Å². The molecule has 4 nitrogen and oxygen atoms in total. The smallest absolute Gasteiger partial charge is 0.119 e. The van der Waals surface area contributed by atoms with Crippen LogP contribution in [0.2, 0.25) is 0 Å². The quantitative estimate of drug-likeness (QED) is 0.917. The van der Waals surface area contributed by atoms with Crippen LogP contribution in [0.15, 0.2) is 42.5 Å². The molecule has 0 saturated heterocycles. The van der Waals surface area contributed by atoms with Crippen molar-refractivity contribution in [3.63, 3.8) is 0 Å². The average molecular weight is 322 g/mol. The predicted octanol–water partition coefficient (Wildman–Crippen LogP) is 3.38. The molecule has 0 saturated carbocycles. The Kier molecular flexibility index (Phi) is 4.57. The molecule has 1 N–H and O–H groups in total. The second kappa shape index (κ2) is 6.64. The molecular weight excluding hydrogens is 300 g/mol. The first-order valence-electron chi connectivity index (χ1n) is 8.17. The van der Waals surface area contributed by atoms with Gasteiger partial charge in [-0.25, -0.2) is 0 Å². The van der Waals surface area contributed by atoms with Crippen LogP contribution in [0.3, 0.4) is 0 Å². The highest BCUT2D eigenvalue weighted by molar-refractivity contribution is 5.48. The summed E-state index contributed by atoms with van der Waals surface area (Å²) in [6.07, 6.45) is 1.85. The molecule has 0 aromatic heterocycles. The van der Waals surface area contributed by atoms with Gasteiger partial charge >= 0.3 is 0 Å². The maximum atomic E-state index is 9.61. The molecule has 4 heteroatoms. The summed E-state index contributed by atoms with van der Waals surface area (Å²) in [7, 11) is 4.13. The Bertz CT molecular complexity index is 762. The van der Waals surface area contributed by atoms with Crippen LogP contribution in [0.4, 0.5) is 0 Å². The summed E-state index contributed by atoms with van der Waals surface area (Å²) in [5.74, 6) is 0.250. The predicted molar refractivity (Wildman–Crippen MR) is 92.6 cm³/mol. The summed E-state index contributed by atoms with van der Waals surface area (Å²) in [4.78, 5) is 2.17. The number of aromatic hydroxyl groups is 1. The fraction of sp³-hybridized carbons (Fsp3) is 0.350. The Hall–Kier alpha value is -2.35. The van der Waals surface area contributed by atoms with Gasteiger partial charge in [0.25, 0.3) is 0 Å². The minimum atomic E-state index is -0.507. The SMILES string of the molecule is CN(C)CCCC1(c2ccc(O)cc2)OCc2cc(C#N)ccc21. The van der Waals surface area contributed by atoms with E-state index in [0.29, 0.717) is 12.2 Å². The number of phenolic OH excluding ortho intramolecular Hbond substituents is 1. The van der Waals surface area contributed by atoms with Gasteiger partial charge in [0, 0.05) is 0 Å². The van der Waals surface area contributed by atoms with E-state index in [1.807, 2.05) is 30.3 Å². The molecule has 2 aromatic rings. The number of rotatable bonds is 5. The van der Waals surface area contributed by atoms with E-state index in [1.54, 1.807) is 12.1 Å². The number of phenols is 1.